The van der Waals surface area contributed by atoms with Gasteiger partial charge in [-0.05, 0) is 32.7 Å². The van der Waals surface area contributed by atoms with Crippen LogP contribution in [0, 0.1) is 11.3 Å². The van der Waals surface area contributed by atoms with Crippen molar-refractivity contribution in [3.63, 3.8) is 0 Å². The largest absolute Gasteiger partial charge is 0.393 e. The lowest BCUT2D eigenvalue weighted by molar-refractivity contribution is -0.140. The number of hydrogen-bond acceptors (Lipinski definition) is 3. The monoisotopic (exact) mass is 254 g/mol. The molecular weight excluding hydrogens is 228 g/mol. The van der Waals surface area contributed by atoms with Crippen molar-refractivity contribution in [3.05, 3.63) is 0 Å². The minimum Gasteiger partial charge on any atom is -0.393 e. The molecule has 104 valence electrons. The quantitative estimate of drug-likeness (QED) is 0.787. The van der Waals surface area contributed by atoms with E-state index in [9.17, 15) is 9.90 Å². The van der Waals surface area contributed by atoms with Gasteiger partial charge in [0.1, 0.15) is 0 Å². The van der Waals surface area contributed by atoms with E-state index in [1.165, 1.54) is 0 Å². The Labute approximate surface area is 110 Å². The van der Waals surface area contributed by atoms with E-state index >= 15 is 0 Å². The van der Waals surface area contributed by atoms with E-state index < -0.39 is 0 Å². The maximum Gasteiger partial charge on any atom is 0.230 e. The van der Waals surface area contributed by atoms with E-state index in [0.717, 1.165) is 51.9 Å². The number of carbonyl (C=O) groups is 1. The second kappa shape index (κ2) is 5.57. The molecule has 4 heteroatoms. The summed E-state index contributed by atoms with van der Waals surface area (Å²) in [5, 5.41) is 13.0. The molecule has 0 bridgehead atoms. The van der Waals surface area contributed by atoms with E-state index in [4.69, 9.17) is 0 Å². The Balaban J connectivity index is 2.02. The molecule has 0 saturated carbocycles. The molecule has 18 heavy (non-hydrogen) atoms. The molecule has 2 fully saturated rings. The summed E-state index contributed by atoms with van der Waals surface area (Å²) in [5.41, 5.74) is -0.164. The molecular formula is C14H26N2O2. The highest BCUT2D eigenvalue weighted by atomic mass is 16.3. The summed E-state index contributed by atoms with van der Waals surface area (Å²) in [5.74, 6) is 0.583. The lowest BCUT2D eigenvalue weighted by atomic mass is 9.81. The summed E-state index contributed by atoms with van der Waals surface area (Å²) < 4.78 is 0. The summed E-state index contributed by atoms with van der Waals surface area (Å²) in [6.45, 7) is 7.32. The third kappa shape index (κ3) is 2.54. The van der Waals surface area contributed by atoms with Gasteiger partial charge in [-0.3, -0.25) is 4.79 Å². The number of aliphatic hydroxyl groups is 1. The van der Waals surface area contributed by atoms with Crippen molar-refractivity contribution in [1.82, 2.24) is 10.2 Å². The van der Waals surface area contributed by atoms with Gasteiger partial charge < -0.3 is 15.3 Å². The molecule has 0 aliphatic carbocycles. The van der Waals surface area contributed by atoms with Crippen molar-refractivity contribution in [3.8, 4) is 0 Å². The van der Waals surface area contributed by atoms with Gasteiger partial charge in [-0.25, -0.2) is 0 Å². The molecule has 2 saturated heterocycles. The van der Waals surface area contributed by atoms with Crippen LogP contribution in [0.3, 0.4) is 0 Å². The Hall–Kier alpha value is -0.610. The molecule has 2 rings (SSSR count). The average Bonchev–Trinajstić information content (AvgIpc) is 2.97. The standard InChI is InChI=1S/C14H26N2O2/c1-3-5-14(6-7-15-10-14)13(18)16-8-4-12(9-16)11(2)17/h11-12,15,17H,3-10H2,1-2H3. The number of aliphatic hydroxyl groups excluding tert-OH is 1. The van der Waals surface area contributed by atoms with Crippen LogP contribution >= 0.6 is 0 Å². The molecule has 2 heterocycles. The third-order valence-corrected chi connectivity index (χ3v) is 4.62. The summed E-state index contributed by atoms with van der Waals surface area (Å²) in [6.07, 6.45) is 3.65. The summed E-state index contributed by atoms with van der Waals surface area (Å²) in [7, 11) is 0. The molecule has 3 unspecified atom stereocenters. The summed E-state index contributed by atoms with van der Waals surface area (Å²) in [6, 6.07) is 0. The predicted octanol–water partition coefficient (Wildman–Crippen LogP) is 0.995. The van der Waals surface area contributed by atoms with E-state index in [1.54, 1.807) is 0 Å². The number of rotatable bonds is 4. The lowest BCUT2D eigenvalue weighted by Crippen LogP contribution is -2.44. The van der Waals surface area contributed by atoms with E-state index in [0.29, 0.717) is 5.91 Å². The van der Waals surface area contributed by atoms with Gasteiger partial charge in [-0.1, -0.05) is 13.3 Å². The Morgan fingerprint density at radius 3 is 2.89 bits per heavy atom. The van der Waals surface area contributed by atoms with Crippen molar-refractivity contribution in [2.75, 3.05) is 26.2 Å². The maximum absolute atomic E-state index is 12.7. The van der Waals surface area contributed by atoms with Crippen LogP contribution in [0.5, 0.6) is 0 Å². The van der Waals surface area contributed by atoms with Crippen LogP contribution in [0.4, 0.5) is 0 Å². The molecule has 0 aromatic rings. The van der Waals surface area contributed by atoms with E-state index in [-0.39, 0.29) is 17.4 Å². The highest BCUT2D eigenvalue weighted by Gasteiger charge is 2.44. The zero-order valence-electron chi connectivity index (χ0n) is 11.6. The molecule has 1 amide bonds. The van der Waals surface area contributed by atoms with Crippen LogP contribution in [-0.4, -0.2) is 48.2 Å². The first-order valence-electron chi connectivity index (χ1n) is 7.27. The highest BCUT2D eigenvalue weighted by molar-refractivity contribution is 5.83. The van der Waals surface area contributed by atoms with Gasteiger partial charge in [0.05, 0.1) is 11.5 Å². The van der Waals surface area contributed by atoms with Gasteiger partial charge in [0.15, 0.2) is 0 Å². The van der Waals surface area contributed by atoms with E-state index in [2.05, 4.69) is 12.2 Å². The number of hydrogen-bond donors (Lipinski definition) is 2. The predicted molar refractivity (Wildman–Crippen MR) is 71.2 cm³/mol. The first kappa shape index (κ1) is 13.8. The van der Waals surface area contributed by atoms with Gasteiger partial charge in [0.25, 0.3) is 0 Å². The Bertz CT molecular complexity index is 298. The molecule has 0 radical (unpaired) electrons. The molecule has 2 N–H and O–H groups in total. The Morgan fingerprint density at radius 1 is 1.61 bits per heavy atom. The fourth-order valence-electron chi connectivity index (χ4n) is 3.43. The van der Waals surface area contributed by atoms with Crippen molar-refractivity contribution in [1.29, 1.82) is 0 Å². The number of carbonyl (C=O) groups excluding carboxylic acids is 1. The zero-order valence-corrected chi connectivity index (χ0v) is 11.6. The van der Waals surface area contributed by atoms with Crippen molar-refractivity contribution in [2.45, 2.75) is 45.6 Å². The van der Waals surface area contributed by atoms with Gasteiger partial charge >= 0.3 is 0 Å². The SMILES string of the molecule is CCCC1(C(=O)N2CCC(C(C)O)C2)CCNC1. The number of nitrogens with one attached hydrogen (secondary N) is 1. The lowest BCUT2D eigenvalue weighted by Gasteiger charge is -2.31. The van der Waals surface area contributed by atoms with Crippen LogP contribution < -0.4 is 5.32 Å². The Kier molecular flexibility index (Phi) is 4.28. The molecule has 0 aromatic heterocycles. The van der Waals surface area contributed by atoms with Crippen LogP contribution in [0.25, 0.3) is 0 Å². The number of amides is 1. The first-order valence-corrected chi connectivity index (χ1v) is 7.27. The van der Waals surface area contributed by atoms with Crippen molar-refractivity contribution < 1.29 is 9.90 Å². The average molecular weight is 254 g/mol. The van der Waals surface area contributed by atoms with Gasteiger partial charge in [-0.15, -0.1) is 0 Å². The van der Waals surface area contributed by atoms with Gasteiger partial charge in [-0.2, -0.15) is 0 Å². The molecule has 2 aliphatic rings. The van der Waals surface area contributed by atoms with Crippen molar-refractivity contribution in [2.24, 2.45) is 11.3 Å². The number of nitrogens with zero attached hydrogens (tertiary/aromatic N) is 1. The van der Waals surface area contributed by atoms with Gasteiger partial charge in [0.2, 0.25) is 5.91 Å². The van der Waals surface area contributed by atoms with Crippen LogP contribution in [-0.2, 0) is 4.79 Å². The second-order valence-electron chi connectivity index (χ2n) is 6.00. The Morgan fingerprint density at radius 2 is 2.39 bits per heavy atom. The molecule has 0 aromatic carbocycles. The fraction of sp³-hybridized carbons (Fsp3) is 0.929. The number of likely N-dealkylation sites (tertiary alicyclic amines) is 1. The smallest absolute Gasteiger partial charge is 0.230 e. The maximum atomic E-state index is 12.7. The van der Waals surface area contributed by atoms with Crippen molar-refractivity contribution >= 4 is 5.91 Å². The fourth-order valence-corrected chi connectivity index (χ4v) is 3.43. The van der Waals surface area contributed by atoms with Crippen LogP contribution in [0.15, 0.2) is 0 Å². The topological polar surface area (TPSA) is 52.6 Å². The van der Waals surface area contributed by atoms with Crippen LogP contribution in [0.2, 0.25) is 0 Å². The third-order valence-electron chi connectivity index (χ3n) is 4.62. The first-order chi connectivity index (χ1) is 8.59. The minimum atomic E-state index is -0.299. The highest BCUT2D eigenvalue weighted by Crippen LogP contribution is 2.35. The summed E-state index contributed by atoms with van der Waals surface area (Å²) >= 11 is 0. The van der Waals surface area contributed by atoms with E-state index in [1.807, 2.05) is 11.8 Å². The second-order valence-corrected chi connectivity index (χ2v) is 6.00. The normalized spacial score (nSPS) is 33.9. The van der Waals surface area contributed by atoms with Crippen LogP contribution in [0.1, 0.15) is 39.5 Å². The minimum absolute atomic E-state index is 0.164. The zero-order chi connectivity index (χ0) is 13.2. The molecule has 2 aliphatic heterocycles. The molecule has 3 atom stereocenters. The molecule has 0 spiro atoms. The molecule has 4 nitrogen and oxygen atoms in total. The summed E-state index contributed by atoms with van der Waals surface area (Å²) in [4.78, 5) is 14.7. The van der Waals surface area contributed by atoms with Gasteiger partial charge in [0, 0.05) is 25.6 Å².